The first kappa shape index (κ1) is 10.2. The Morgan fingerprint density at radius 3 is 2.61 bits per heavy atom. The maximum absolute atomic E-state index is 5.78. The maximum atomic E-state index is 5.78. The molecular formula is C14H14N2O2. The van der Waals surface area contributed by atoms with Crippen molar-refractivity contribution in [2.45, 2.75) is 23.9 Å². The first-order chi connectivity index (χ1) is 8.69. The van der Waals surface area contributed by atoms with Crippen LogP contribution in [0.15, 0.2) is 48.2 Å². The molecule has 18 heavy (non-hydrogen) atoms. The van der Waals surface area contributed by atoms with Crippen molar-refractivity contribution in [1.82, 2.24) is 0 Å². The molecule has 4 nitrogen and oxygen atoms in total. The summed E-state index contributed by atoms with van der Waals surface area (Å²) >= 11 is 0. The number of hydrogen-bond donors (Lipinski definition) is 2. The minimum absolute atomic E-state index is 0.0753. The summed E-state index contributed by atoms with van der Waals surface area (Å²) in [4.78, 5) is 0. The van der Waals surface area contributed by atoms with Gasteiger partial charge in [0.25, 0.3) is 0 Å². The van der Waals surface area contributed by atoms with E-state index < -0.39 is 0 Å². The van der Waals surface area contributed by atoms with Crippen molar-refractivity contribution < 1.29 is 9.47 Å². The third-order valence-electron chi connectivity index (χ3n) is 3.80. The third kappa shape index (κ3) is 1.33. The van der Waals surface area contributed by atoms with Crippen LogP contribution in [0.2, 0.25) is 0 Å². The first-order valence-corrected chi connectivity index (χ1v) is 6.04. The van der Waals surface area contributed by atoms with Crippen LogP contribution >= 0.6 is 0 Å². The fraction of sp³-hybridized carbons (Fsp3) is 0.286. The van der Waals surface area contributed by atoms with E-state index in [1.807, 2.05) is 42.5 Å². The van der Waals surface area contributed by atoms with Crippen molar-refractivity contribution in [2.75, 3.05) is 5.73 Å². The van der Waals surface area contributed by atoms with E-state index in [4.69, 9.17) is 20.9 Å². The monoisotopic (exact) mass is 242 g/mol. The van der Waals surface area contributed by atoms with Crippen molar-refractivity contribution in [2.24, 2.45) is 5.73 Å². The van der Waals surface area contributed by atoms with E-state index in [-0.39, 0.29) is 23.9 Å². The van der Waals surface area contributed by atoms with Crippen LogP contribution in [0.3, 0.4) is 0 Å². The summed E-state index contributed by atoms with van der Waals surface area (Å²) in [6.07, 6.45) is 6.13. The van der Waals surface area contributed by atoms with Gasteiger partial charge in [-0.15, -0.1) is 0 Å². The molecule has 4 N–H and O–H groups in total. The van der Waals surface area contributed by atoms with Gasteiger partial charge in [-0.2, -0.15) is 0 Å². The highest BCUT2D eigenvalue weighted by Crippen LogP contribution is 2.57. The quantitative estimate of drug-likeness (QED) is 0.604. The third-order valence-corrected chi connectivity index (χ3v) is 3.80. The SMILES string of the molecule is NC1=CC2OC2(C2OC2c2ccc(N)cc2)C=C1. The first-order valence-electron chi connectivity index (χ1n) is 6.04. The zero-order valence-electron chi connectivity index (χ0n) is 9.74. The molecule has 3 aliphatic rings. The summed E-state index contributed by atoms with van der Waals surface area (Å²) in [5, 5.41) is 0. The zero-order chi connectivity index (χ0) is 12.3. The molecular weight excluding hydrogens is 228 g/mol. The molecule has 92 valence electrons. The number of epoxide rings is 2. The number of anilines is 1. The van der Waals surface area contributed by atoms with Crippen molar-refractivity contribution >= 4 is 5.69 Å². The number of fused-ring (bicyclic) bond motifs is 1. The summed E-state index contributed by atoms with van der Waals surface area (Å²) in [6.45, 7) is 0. The topological polar surface area (TPSA) is 77.1 Å². The van der Waals surface area contributed by atoms with Gasteiger partial charge in [0.15, 0.2) is 0 Å². The predicted octanol–water partition coefficient (Wildman–Crippen LogP) is 1.26. The lowest BCUT2D eigenvalue weighted by molar-refractivity contribution is 0.269. The number of nitrogen functional groups attached to an aromatic ring is 1. The molecule has 0 amide bonds. The molecule has 0 aromatic heterocycles. The number of allylic oxidation sites excluding steroid dienone is 1. The van der Waals surface area contributed by atoms with Crippen LogP contribution in [0, 0.1) is 0 Å². The highest BCUT2D eigenvalue weighted by atomic mass is 16.7. The van der Waals surface area contributed by atoms with Crippen LogP contribution in [-0.2, 0) is 9.47 Å². The smallest absolute Gasteiger partial charge is 0.146 e. The second kappa shape index (κ2) is 3.16. The lowest BCUT2D eigenvalue weighted by atomic mass is 9.92. The molecule has 2 fully saturated rings. The Hall–Kier alpha value is -1.78. The van der Waals surface area contributed by atoms with E-state index in [9.17, 15) is 0 Å². The highest BCUT2D eigenvalue weighted by Gasteiger charge is 2.69. The molecule has 0 saturated carbocycles. The normalized spacial score (nSPS) is 40.0. The Kier molecular flexibility index (Phi) is 1.78. The summed E-state index contributed by atoms with van der Waals surface area (Å²) < 4.78 is 11.5. The van der Waals surface area contributed by atoms with Crippen LogP contribution in [0.5, 0.6) is 0 Å². The van der Waals surface area contributed by atoms with Gasteiger partial charge in [-0.3, -0.25) is 0 Å². The van der Waals surface area contributed by atoms with Crippen LogP contribution in [0.4, 0.5) is 5.69 Å². The molecule has 2 saturated heterocycles. The second-order valence-electron chi connectivity index (χ2n) is 5.04. The van der Waals surface area contributed by atoms with Crippen molar-refractivity contribution in [3.8, 4) is 0 Å². The lowest BCUT2D eigenvalue weighted by Crippen LogP contribution is -2.23. The van der Waals surface area contributed by atoms with Gasteiger partial charge < -0.3 is 20.9 Å². The van der Waals surface area contributed by atoms with Gasteiger partial charge in [-0.25, -0.2) is 0 Å². The number of rotatable bonds is 2. The number of ether oxygens (including phenoxy) is 2. The van der Waals surface area contributed by atoms with Gasteiger partial charge in [-0.05, 0) is 35.9 Å². The van der Waals surface area contributed by atoms with Gasteiger partial charge in [0.1, 0.15) is 23.9 Å². The molecule has 0 spiro atoms. The molecule has 1 aromatic rings. The zero-order valence-corrected chi connectivity index (χ0v) is 9.74. The molecule has 1 aliphatic carbocycles. The summed E-state index contributed by atoms with van der Waals surface area (Å²) in [5.41, 5.74) is 13.8. The molecule has 2 heterocycles. The number of nitrogens with two attached hydrogens (primary N) is 2. The largest absolute Gasteiger partial charge is 0.399 e. The highest BCUT2D eigenvalue weighted by molar-refractivity contribution is 5.44. The molecule has 2 aliphatic heterocycles. The molecule has 4 heteroatoms. The van der Waals surface area contributed by atoms with E-state index >= 15 is 0 Å². The number of hydrogen-bond acceptors (Lipinski definition) is 4. The molecule has 4 unspecified atom stereocenters. The van der Waals surface area contributed by atoms with E-state index in [1.165, 1.54) is 0 Å². The van der Waals surface area contributed by atoms with Crippen LogP contribution in [0.1, 0.15) is 11.7 Å². The van der Waals surface area contributed by atoms with E-state index in [1.54, 1.807) is 0 Å². The fourth-order valence-corrected chi connectivity index (χ4v) is 2.66. The fourth-order valence-electron chi connectivity index (χ4n) is 2.66. The predicted molar refractivity (Wildman–Crippen MR) is 67.5 cm³/mol. The Morgan fingerprint density at radius 2 is 1.89 bits per heavy atom. The van der Waals surface area contributed by atoms with Gasteiger partial charge in [-0.1, -0.05) is 12.1 Å². The molecule has 4 rings (SSSR count). The van der Waals surface area contributed by atoms with E-state index in [2.05, 4.69) is 0 Å². The van der Waals surface area contributed by atoms with Gasteiger partial charge in [0.05, 0.1) is 0 Å². The lowest BCUT2D eigenvalue weighted by Gasteiger charge is -2.07. The second-order valence-corrected chi connectivity index (χ2v) is 5.04. The average molecular weight is 242 g/mol. The van der Waals surface area contributed by atoms with E-state index in [0.717, 1.165) is 16.9 Å². The standard InChI is InChI=1S/C14H14N2O2/c15-9-3-1-8(2-4-9)12-13(17-12)14-6-5-10(16)7-11(14)18-14/h1-7,11-13H,15-16H2. The summed E-state index contributed by atoms with van der Waals surface area (Å²) in [6, 6.07) is 7.80. The molecule has 4 atom stereocenters. The van der Waals surface area contributed by atoms with Crippen LogP contribution < -0.4 is 11.5 Å². The Labute approximate surface area is 105 Å². The average Bonchev–Trinajstić information content (AvgIpc) is 3.22. The minimum atomic E-state index is -0.283. The maximum Gasteiger partial charge on any atom is 0.146 e. The Bertz CT molecular complexity index is 564. The van der Waals surface area contributed by atoms with Crippen LogP contribution in [-0.4, -0.2) is 17.8 Å². The summed E-state index contributed by atoms with van der Waals surface area (Å²) in [7, 11) is 0. The Morgan fingerprint density at radius 1 is 1.11 bits per heavy atom. The summed E-state index contributed by atoms with van der Waals surface area (Å²) in [5.74, 6) is 0. The minimum Gasteiger partial charge on any atom is -0.399 e. The van der Waals surface area contributed by atoms with Gasteiger partial charge in [0, 0.05) is 11.4 Å². The van der Waals surface area contributed by atoms with Gasteiger partial charge in [0.2, 0.25) is 0 Å². The van der Waals surface area contributed by atoms with Crippen LogP contribution in [0.25, 0.3) is 0 Å². The Balaban J connectivity index is 1.55. The number of benzene rings is 1. The van der Waals surface area contributed by atoms with E-state index in [0.29, 0.717) is 0 Å². The van der Waals surface area contributed by atoms with Crippen molar-refractivity contribution in [3.05, 3.63) is 53.8 Å². The molecule has 1 aromatic carbocycles. The van der Waals surface area contributed by atoms with Crippen molar-refractivity contribution in [3.63, 3.8) is 0 Å². The van der Waals surface area contributed by atoms with Gasteiger partial charge >= 0.3 is 0 Å². The molecule has 0 bridgehead atoms. The molecule has 0 radical (unpaired) electrons. The van der Waals surface area contributed by atoms with Crippen molar-refractivity contribution in [1.29, 1.82) is 0 Å².